The van der Waals surface area contributed by atoms with Crippen LogP contribution in [0.3, 0.4) is 0 Å². The fourth-order valence-corrected chi connectivity index (χ4v) is 4.45. The van der Waals surface area contributed by atoms with Crippen LogP contribution in [0.2, 0.25) is 0 Å². The predicted molar refractivity (Wildman–Crippen MR) is 118 cm³/mol. The molecule has 0 bridgehead atoms. The fourth-order valence-electron chi connectivity index (χ4n) is 4.45. The summed E-state index contributed by atoms with van der Waals surface area (Å²) in [5, 5.41) is 21.7. The summed E-state index contributed by atoms with van der Waals surface area (Å²) in [5.74, 6) is -0.197. The summed E-state index contributed by atoms with van der Waals surface area (Å²) in [6.45, 7) is 8.90. The maximum Gasteiger partial charge on any atom is 0.347 e. The van der Waals surface area contributed by atoms with Crippen molar-refractivity contribution in [1.29, 1.82) is 0 Å². The van der Waals surface area contributed by atoms with Crippen LogP contribution in [0.5, 0.6) is 11.5 Å². The number of aliphatic hydroxyl groups is 1. The van der Waals surface area contributed by atoms with Gasteiger partial charge < -0.3 is 19.8 Å². The lowest BCUT2D eigenvalue weighted by Crippen LogP contribution is -2.44. The highest BCUT2D eigenvalue weighted by atomic mass is 16.5. The number of phenols is 1. The largest absolute Gasteiger partial charge is 0.507 e. The van der Waals surface area contributed by atoms with Gasteiger partial charge in [-0.2, -0.15) is 0 Å². The number of ether oxygens (including phenoxy) is 1. The van der Waals surface area contributed by atoms with E-state index in [1.807, 2.05) is 19.1 Å². The maximum atomic E-state index is 12.5. The number of rotatable bonds is 7. The molecule has 0 amide bonds. The van der Waals surface area contributed by atoms with Gasteiger partial charge in [-0.05, 0) is 68.2 Å². The minimum Gasteiger partial charge on any atom is -0.507 e. The second-order valence-corrected chi connectivity index (χ2v) is 8.29. The van der Waals surface area contributed by atoms with Crippen LogP contribution >= 0.6 is 0 Å². The number of hydrogen-bond donors (Lipinski definition) is 2. The van der Waals surface area contributed by atoms with E-state index in [2.05, 4.69) is 18.7 Å². The molecule has 162 valence electrons. The zero-order chi connectivity index (χ0) is 21.7. The monoisotopic (exact) mass is 411 g/mol. The molecule has 2 aromatic rings. The van der Waals surface area contributed by atoms with Gasteiger partial charge in [-0.3, -0.25) is 0 Å². The molecule has 2 atom stereocenters. The molecule has 0 aromatic heterocycles. The van der Waals surface area contributed by atoms with Gasteiger partial charge >= 0.3 is 5.97 Å². The molecule has 5 nitrogen and oxygen atoms in total. The van der Waals surface area contributed by atoms with E-state index in [1.54, 1.807) is 24.3 Å². The van der Waals surface area contributed by atoms with E-state index in [-0.39, 0.29) is 17.2 Å². The van der Waals surface area contributed by atoms with Gasteiger partial charge in [-0.15, -0.1) is 0 Å². The molecule has 2 N–H and O–H groups in total. The molecule has 1 saturated carbocycles. The van der Waals surface area contributed by atoms with Crippen molar-refractivity contribution in [2.24, 2.45) is 5.92 Å². The van der Waals surface area contributed by atoms with E-state index < -0.39 is 11.6 Å². The molecule has 1 fully saturated rings. The molecule has 0 aliphatic heterocycles. The average Bonchev–Trinajstić information content (AvgIpc) is 2.73. The molecular weight excluding hydrogens is 378 g/mol. The zero-order valence-electron chi connectivity index (χ0n) is 18.2. The van der Waals surface area contributed by atoms with E-state index >= 15 is 0 Å². The smallest absolute Gasteiger partial charge is 0.347 e. The summed E-state index contributed by atoms with van der Waals surface area (Å²) in [6, 6.07) is 12.1. The Balaban J connectivity index is 1.83. The fraction of sp³-hybridized carbons (Fsp3) is 0.480. The number of carbonyl (C=O) groups excluding carboxylic acids is 1. The van der Waals surface area contributed by atoms with Crippen molar-refractivity contribution in [2.75, 3.05) is 19.6 Å². The van der Waals surface area contributed by atoms with Crippen molar-refractivity contribution in [2.45, 2.75) is 52.1 Å². The van der Waals surface area contributed by atoms with Crippen molar-refractivity contribution in [1.82, 2.24) is 4.90 Å². The van der Waals surface area contributed by atoms with Crippen molar-refractivity contribution in [3.8, 4) is 11.5 Å². The number of carbonyl (C=O) groups is 1. The van der Waals surface area contributed by atoms with E-state index in [0.717, 1.165) is 50.0 Å². The van der Waals surface area contributed by atoms with Crippen molar-refractivity contribution in [3.63, 3.8) is 0 Å². The zero-order valence-corrected chi connectivity index (χ0v) is 18.2. The Bertz CT molecular complexity index is 877. The van der Waals surface area contributed by atoms with Gasteiger partial charge in [0.2, 0.25) is 0 Å². The second kappa shape index (κ2) is 9.63. The van der Waals surface area contributed by atoms with E-state index in [0.29, 0.717) is 12.2 Å². The summed E-state index contributed by atoms with van der Waals surface area (Å²) in [7, 11) is 0. The molecule has 0 unspecified atom stereocenters. The van der Waals surface area contributed by atoms with Crippen LogP contribution in [0.25, 0.3) is 0 Å². The topological polar surface area (TPSA) is 70.0 Å². The predicted octanol–water partition coefficient (Wildman–Crippen LogP) is 4.64. The van der Waals surface area contributed by atoms with Crippen LogP contribution in [0.15, 0.2) is 42.5 Å². The Hall–Kier alpha value is -2.37. The lowest BCUT2D eigenvalue weighted by molar-refractivity contribution is -0.0650. The minimum atomic E-state index is -0.935. The molecular formula is C25H33NO4. The highest BCUT2D eigenvalue weighted by molar-refractivity contribution is 5.93. The van der Waals surface area contributed by atoms with Crippen LogP contribution in [0.1, 0.15) is 61.0 Å². The summed E-state index contributed by atoms with van der Waals surface area (Å²) < 4.78 is 5.54. The number of phenolic OH excluding ortho intramolecular Hbond substituents is 1. The number of hydrogen-bond acceptors (Lipinski definition) is 5. The van der Waals surface area contributed by atoms with Crippen molar-refractivity contribution < 1.29 is 19.7 Å². The third-order valence-corrected chi connectivity index (χ3v) is 6.33. The number of aromatic hydroxyl groups is 1. The van der Waals surface area contributed by atoms with Gasteiger partial charge in [0.15, 0.2) is 0 Å². The summed E-state index contributed by atoms with van der Waals surface area (Å²) in [5.41, 5.74) is 0.847. The first-order chi connectivity index (χ1) is 14.4. The van der Waals surface area contributed by atoms with E-state index in [1.165, 1.54) is 6.07 Å². The standard InChI is InChI=1S/C25H33NO4/c1-4-26(5-2)17-20-9-6-7-14-25(20,29)19-10-8-11-21(16-19)30-24(28)22-13-12-18(3)15-23(22)27/h8,10-13,15-16,20,27,29H,4-7,9,14,17H2,1-3H3/t20-,25+/m1/s1. The van der Waals surface area contributed by atoms with Gasteiger partial charge in [0.1, 0.15) is 17.1 Å². The van der Waals surface area contributed by atoms with Crippen LogP contribution in [-0.4, -0.2) is 40.7 Å². The van der Waals surface area contributed by atoms with E-state index in [9.17, 15) is 15.0 Å². The Morgan fingerprint density at radius 2 is 1.93 bits per heavy atom. The second-order valence-electron chi connectivity index (χ2n) is 8.29. The molecule has 0 radical (unpaired) electrons. The highest BCUT2D eigenvalue weighted by Gasteiger charge is 2.41. The molecule has 5 heteroatoms. The number of nitrogens with zero attached hydrogens (tertiary/aromatic N) is 1. The third kappa shape index (κ3) is 4.85. The van der Waals surface area contributed by atoms with E-state index in [4.69, 9.17) is 4.74 Å². The van der Waals surface area contributed by atoms with Crippen LogP contribution in [0, 0.1) is 12.8 Å². The average molecular weight is 412 g/mol. The molecule has 1 aliphatic carbocycles. The van der Waals surface area contributed by atoms with Crippen LogP contribution < -0.4 is 4.74 Å². The maximum absolute atomic E-state index is 12.5. The Labute approximate surface area is 179 Å². The Morgan fingerprint density at radius 1 is 1.17 bits per heavy atom. The molecule has 0 heterocycles. The Kier molecular flexibility index (Phi) is 7.16. The van der Waals surface area contributed by atoms with Gasteiger partial charge in [-0.1, -0.05) is 44.9 Å². The first kappa shape index (κ1) is 22.3. The van der Waals surface area contributed by atoms with Gasteiger partial charge in [0, 0.05) is 12.5 Å². The minimum absolute atomic E-state index is 0.0960. The number of benzene rings is 2. The lowest BCUT2D eigenvalue weighted by Gasteiger charge is -2.42. The number of aryl methyl sites for hydroxylation is 1. The molecule has 30 heavy (non-hydrogen) atoms. The molecule has 0 spiro atoms. The first-order valence-corrected chi connectivity index (χ1v) is 10.9. The van der Waals surface area contributed by atoms with Gasteiger partial charge in [0.25, 0.3) is 0 Å². The third-order valence-electron chi connectivity index (χ3n) is 6.33. The lowest BCUT2D eigenvalue weighted by atomic mass is 9.71. The number of esters is 1. The molecule has 2 aromatic carbocycles. The van der Waals surface area contributed by atoms with Gasteiger partial charge in [-0.25, -0.2) is 4.79 Å². The highest BCUT2D eigenvalue weighted by Crippen LogP contribution is 2.43. The van der Waals surface area contributed by atoms with Gasteiger partial charge in [0.05, 0.1) is 5.60 Å². The van der Waals surface area contributed by atoms with Crippen LogP contribution in [0.4, 0.5) is 0 Å². The SMILES string of the molecule is CCN(CC)C[C@H]1CCCC[C@]1(O)c1cccc(OC(=O)c2ccc(C)cc2O)c1. The molecule has 3 rings (SSSR count). The Morgan fingerprint density at radius 3 is 2.63 bits per heavy atom. The van der Waals surface area contributed by atoms with Crippen LogP contribution in [-0.2, 0) is 5.60 Å². The summed E-state index contributed by atoms with van der Waals surface area (Å²) in [6.07, 6.45) is 3.78. The normalized spacial score (nSPS) is 21.6. The van der Waals surface area contributed by atoms with Crippen molar-refractivity contribution in [3.05, 3.63) is 59.2 Å². The molecule has 0 saturated heterocycles. The quantitative estimate of drug-likeness (QED) is 0.513. The molecule has 1 aliphatic rings. The summed E-state index contributed by atoms with van der Waals surface area (Å²) >= 11 is 0. The summed E-state index contributed by atoms with van der Waals surface area (Å²) in [4.78, 5) is 14.9. The first-order valence-electron chi connectivity index (χ1n) is 10.9. The van der Waals surface area contributed by atoms with Crippen molar-refractivity contribution >= 4 is 5.97 Å².